The van der Waals surface area contributed by atoms with Gasteiger partial charge < -0.3 is 20.2 Å². The van der Waals surface area contributed by atoms with E-state index in [4.69, 9.17) is 14.9 Å². The number of anilines is 1. The molecular weight excluding hydrogens is 390 g/mol. The van der Waals surface area contributed by atoms with Crippen LogP contribution in [0.1, 0.15) is 49.9 Å². The molecule has 152 valence electrons. The lowest BCUT2D eigenvalue weighted by Crippen LogP contribution is -2.25. The topological polar surface area (TPSA) is 107 Å². The minimum Gasteiger partial charge on any atom is -0.467 e. The number of esters is 1. The number of nitrogens with one attached hydrogen (secondary N) is 2. The molecule has 0 spiro atoms. The van der Waals surface area contributed by atoms with Crippen LogP contribution in [-0.2, 0) is 11.3 Å². The van der Waals surface area contributed by atoms with Crippen molar-refractivity contribution in [2.75, 3.05) is 19.4 Å². The highest BCUT2D eigenvalue weighted by molar-refractivity contribution is 7.18. The molecule has 29 heavy (non-hydrogen) atoms. The number of carbonyl (C=O) groups excluding carboxylic acids is 2. The first-order valence-electron chi connectivity index (χ1n) is 9.18. The average Bonchev–Trinajstić information content (AvgIpc) is 3.37. The van der Waals surface area contributed by atoms with Crippen molar-refractivity contribution < 1.29 is 18.7 Å². The average molecular weight is 413 g/mol. The Hall–Kier alpha value is -3.10. The third kappa shape index (κ3) is 4.49. The van der Waals surface area contributed by atoms with Gasteiger partial charge >= 0.3 is 5.97 Å². The molecule has 7 nitrogen and oxygen atoms in total. The lowest BCUT2D eigenvalue weighted by atomic mass is 10.0. The first-order valence-corrected chi connectivity index (χ1v) is 10.0. The maximum absolute atomic E-state index is 12.5. The molecule has 4 N–H and O–H groups in total. The van der Waals surface area contributed by atoms with Crippen LogP contribution in [0, 0.1) is 0 Å². The highest BCUT2D eigenvalue weighted by Gasteiger charge is 2.27. The van der Waals surface area contributed by atoms with Crippen LogP contribution in [0.5, 0.6) is 0 Å². The second-order valence-electron chi connectivity index (χ2n) is 6.19. The molecule has 0 unspecified atom stereocenters. The predicted octanol–water partition coefficient (Wildman–Crippen LogP) is 3.34. The van der Waals surface area contributed by atoms with E-state index in [2.05, 4.69) is 10.6 Å². The minimum absolute atomic E-state index is 0.218. The van der Waals surface area contributed by atoms with Crippen molar-refractivity contribution in [2.24, 2.45) is 0 Å². The van der Waals surface area contributed by atoms with Crippen molar-refractivity contribution in [1.82, 2.24) is 10.6 Å². The molecule has 0 aliphatic rings. The normalized spacial score (nSPS) is 11.8. The number of benzene rings is 1. The number of hydrogen-bond donors (Lipinski definition) is 3. The summed E-state index contributed by atoms with van der Waals surface area (Å²) in [7, 11) is 1.54. The Morgan fingerprint density at radius 3 is 2.59 bits per heavy atom. The van der Waals surface area contributed by atoms with E-state index in [0.717, 1.165) is 22.7 Å². The van der Waals surface area contributed by atoms with Gasteiger partial charge in [0.25, 0.3) is 5.91 Å². The van der Waals surface area contributed by atoms with Crippen LogP contribution < -0.4 is 16.4 Å². The van der Waals surface area contributed by atoms with Crippen LogP contribution in [-0.4, -0.2) is 25.5 Å². The molecule has 0 aliphatic heterocycles. The van der Waals surface area contributed by atoms with Crippen molar-refractivity contribution >= 4 is 28.2 Å². The van der Waals surface area contributed by atoms with Gasteiger partial charge in [-0.15, -0.1) is 11.3 Å². The van der Waals surface area contributed by atoms with Gasteiger partial charge in [-0.05, 0) is 24.6 Å². The fourth-order valence-electron chi connectivity index (χ4n) is 3.07. The van der Waals surface area contributed by atoms with Crippen LogP contribution in [0.15, 0.2) is 53.1 Å². The lowest BCUT2D eigenvalue weighted by Gasteiger charge is -2.18. The molecule has 0 saturated heterocycles. The quantitative estimate of drug-likeness (QED) is 0.489. The number of hydrogen-bond acceptors (Lipinski definition) is 7. The molecule has 3 rings (SSSR count). The van der Waals surface area contributed by atoms with E-state index in [1.54, 1.807) is 13.2 Å². The molecule has 0 radical (unpaired) electrons. The number of amides is 1. The van der Waals surface area contributed by atoms with Gasteiger partial charge in [0, 0.05) is 19.2 Å². The Kier molecular flexibility index (Phi) is 6.69. The van der Waals surface area contributed by atoms with Gasteiger partial charge in [-0.3, -0.25) is 10.1 Å². The van der Waals surface area contributed by atoms with Crippen molar-refractivity contribution in [3.05, 3.63) is 76.1 Å². The summed E-state index contributed by atoms with van der Waals surface area (Å²) in [5.41, 5.74) is 7.80. The van der Waals surface area contributed by atoms with E-state index >= 15 is 0 Å². The molecule has 1 amide bonds. The van der Waals surface area contributed by atoms with Gasteiger partial charge in [-0.25, -0.2) is 4.79 Å². The van der Waals surface area contributed by atoms with E-state index in [-0.39, 0.29) is 35.7 Å². The second-order valence-corrected chi connectivity index (χ2v) is 7.24. The molecule has 3 aromatic rings. The zero-order chi connectivity index (χ0) is 20.8. The fraction of sp³-hybridized carbons (Fsp3) is 0.238. The van der Waals surface area contributed by atoms with Gasteiger partial charge in [-0.1, -0.05) is 30.3 Å². The first kappa shape index (κ1) is 20.6. The van der Waals surface area contributed by atoms with E-state index in [1.807, 2.05) is 42.5 Å². The standard InChI is InChI=1S/C21H23N3O4S/c1-3-27-21(26)16-14(18(20(25)23-2)29-19(16)22)12-24-17(15-10-7-11-28-15)13-8-5-4-6-9-13/h4-11,17,24H,3,12,22H2,1-2H3,(H,23,25)/t17-/m1/s1. The third-order valence-electron chi connectivity index (χ3n) is 4.39. The van der Waals surface area contributed by atoms with Crippen LogP contribution in [0.2, 0.25) is 0 Å². The summed E-state index contributed by atoms with van der Waals surface area (Å²) in [6.07, 6.45) is 1.61. The molecule has 0 fully saturated rings. The Labute approximate surface area is 172 Å². The van der Waals surface area contributed by atoms with Crippen molar-refractivity contribution in [2.45, 2.75) is 19.5 Å². The molecular formula is C21H23N3O4S. The number of furan rings is 1. The first-order chi connectivity index (χ1) is 14.1. The number of nitrogens with two attached hydrogens (primary N) is 1. The fourth-order valence-corrected chi connectivity index (χ4v) is 4.09. The lowest BCUT2D eigenvalue weighted by molar-refractivity contribution is 0.0526. The number of ether oxygens (including phenoxy) is 1. The predicted molar refractivity (Wildman–Crippen MR) is 112 cm³/mol. The Morgan fingerprint density at radius 2 is 1.97 bits per heavy atom. The molecule has 2 aromatic heterocycles. The van der Waals surface area contributed by atoms with Gasteiger partial charge in [-0.2, -0.15) is 0 Å². The third-order valence-corrected chi connectivity index (χ3v) is 5.45. The van der Waals surface area contributed by atoms with E-state index in [0.29, 0.717) is 10.4 Å². The van der Waals surface area contributed by atoms with Crippen LogP contribution >= 0.6 is 11.3 Å². The van der Waals surface area contributed by atoms with Crippen molar-refractivity contribution in [1.29, 1.82) is 0 Å². The molecule has 0 bridgehead atoms. The van der Waals surface area contributed by atoms with E-state index < -0.39 is 5.97 Å². The number of carbonyl (C=O) groups is 2. The summed E-state index contributed by atoms with van der Waals surface area (Å²) in [5.74, 6) is -0.121. The summed E-state index contributed by atoms with van der Waals surface area (Å²) in [4.78, 5) is 25.2. The molecule has 8 heteroatoms. The second kappa shape index (κ2) is 9.40. The maximum atomic E-state index is 12.5. The summed E-state index contributed by atoms with van der Waals surface area (Å²) in [5, 5.41) is 6.25. The molecule has 1 atom stereocenters. The molecule has 0 saturated carbocycles. The number of nitrogen functional groups attached to an aromatic ring is 1. The molecule has 1 aromatic carbocycles. The van der Waals surface area contributed by atoms with Crippen LogP contribution in [0.4, 0.5) is 5.00 Å². The Balaban J connectivity index is 1.97. The highest BCUT2D eigenvalue weighted by atomic mass is 32.1. The molecule has 2 heterocycles. The minimum atomic E-state index is -0.539. The summed E-state index contributed by atoms with van der Waals surface area (Å²) in [6, 6.07) is 13.2. The smallest absolute Gasteiger partial charge is 0.341 e. The highest BCUT2D eigenvalue weighted by Crippen LogP contribution is 2.33. The van der Waals surface area contributed by atoms with Gasteiger partial charge in [0.05, 0.1) is 29.4 Å². The van der Waals surface area contributed by atoms with Gasteiger partial charge in [0.1, 0.15) is 10.8 Å². The Morgan fingerprint density at radius 1 is 1.21 bits per heavy atom. The van der Waals surface area contributed by atoms with Crippen molar-refractivity contribution in [3.8, 4) is 0 Å². The zero-order valence-corrected chi connectivity index (χ0v) is 17.0. The monoisotopic (exact) mass is 413 g/mol. The Bertz CT molecular complexity index is 967. The van der Waals surface area contributed by atoms with Gasteiger partial charge in [0.15, 0.2) is 0 Å². The largest absolute Gasteiger partial charge is 0.467 e. The summed E-state index contributed by atoms with van der Waals surface area (Å²) >= 11 is 1.07. The molecule has 0 aliphatic carbocycles. The van der Waals surface area contributed by atoms with Gasteiger partial charge in [0.2, 0.25) is 0 Å². The summed E-state index contributed by atoms with van der Waals surface area (Å²) in [6.45, 7) is 2.17. The zero-order valence-electron chi connectivity index (χ0n) is 16.2. The van der Waals surface area contributed by atoms with E-state index in [9.17, 15) is 9.59 Å². The van der Waals surface area contributed by atoms with Crippen molar-refractivity contribution in [3.63, 3.8) is 0 Å². The van der Waals surface area contributed by atoms with E-state index in [1.165, 1.54) is 7.05 Å². The number of thiophene rings is 1. The number of rotatable bonds is 8. The van der Waals surface area contributed by atoms with Crippen LogP contribution in [0.25, 0.3) is 0 Å². The summed E-state index contributed by atoms with van der Waals surface area (Å²) < 4.78 is 10.8. The van der Waals surface area contributed by atoms with Crippen LogP contribution in [0.3, 0.4) is 0 Å². The SMILES string of the molecule is CCOC(=O)c1c(N)sc(C(=O)NC)c1CN[C@H](c1ccccc1)c1ccco1. The maximum Gasteiger partial charge on any atom is 0.341 e.